The second-order valence-corrected chi connectivity index (χ2v) is 6.16. The zero-order valence-corrected chi connectivity index (χ0v) is 12.7. The van der Waals surface area contributed by atoms with E-state index in [1.54, 1.807) is 0 Å². The SMILES string of the molecule is OC(Cc1cccc(Br)c1)c1cccc(OC2CC2)c1. The second-order valence-electron chi connectivity index (χ2n) is 5.24. The molecular weight excluding hydrogens is 316 g/mol. The molecule has 3 heteroatoms. The summed E-state index contributed by atoms with van der Waals surface area (Å²) in [4.78, 5) is 0. The van der Waals surface area contributed by atoms with Crippen molar-refractivity contribution in [2.75, 3.05) is 0 Å². The maximum atomic E-state index is 10.4. The number of ether oxygens (including phenoxy) is 1. The van der Waals surface area contributed by atoms with Crippen LogP contribution in [0.4, 0.5) is 0 Å². The largest absolute Gasteiger partial charge is 0.490 e. The number of halogens is 1. The van der Waals surface area contributed by atoms with E-state index in [9.17, 15) is 5.11 Å². The first-order valence-electron chi connectivity index (χ1n) is 6.90. The molecule has 0 saturated heterocycles. The lowest BCUT2D eigenvalue weighted by molar-refractivity contribution is 0.177. The number of rotatable bonds is 5. The number of benzene rings is 2. The van der Waals surface area contributed by atoms with Gasteiger partial charge in [-0.25, -0.2) is 0 Å². The summed E-state index contributed by atoms with van der Waals surface area (Å²) in [5.74, 6) is 0.860. The molecule has 2 aromatic carbocycles. The summed E-state index contributed by atoms with van der Waals surface area (Å²) >= 11 is 3.45. The fourth-order valence-electron chi connectivity index (χ4n) is 2.18. The first-order valence-corrected chi connectivity index (χ1v) is 7.69. The van der Waals surface area contributed by atoms with Crippen molar-refractivity contribution in [3.05, 3.63) is 64.1 Å². The summed E-state index contributed by atoms with van der Waals surface area (Å²) in [6, 6.07) is 15.8. The van der Waals surface area contributed by atoms with Gasteiger partial charge in [0, 0.05) is 10.9 Å². The molecule has 0 amide bonds. The predicted octanol–water partition coefficient (Wildman–Crippen LogP) is 4.27. The monoisotopic (exact) mass is 332 g/mol. The van der Waals surface area contributed by atoms with Gasteiger partial charge >= 0.3 is 0 Å². The lowest BCUT2D eigenvalue weighted by Crippen LogP contribution is -2.03. The average molecular weight is 333 g/mol. The first kappa shape index (κ1) is 13.7. The van der Waals surface area contributed by atoms with E-state index in [2.05, 4.69) is 15.9 Å². The minimum Gasteiger partial charge on any atom is -0.490 e. The van der Waals surface area contributed by atoms with Gasteiger partial charge in [-0.05, 0) is 48.2 Å². The first-order chi connectivity index (χ1) is 9.70. The fraction of sp³-hybridized carbons (Fsp3) is 0.294. The lowest BCUT2D eigenvalue weighted by atomic mass is 10.0. The molecule has 0 aromatic heterocycles. The summed E-state index contributed by atoms with van der Waals surface area (Å²) in [6.45, 7) is 0. The van der Waals surface area contributed by atoms with Gasteiger partial charge in [0.15, 0.2) is 0 Å². The van der Waals surface area contributed by atoms with Crippen LogP contribution in [0.15, 0.2) is 53.0 Å². The molecule has 104 valence electrons. The van der Waals surface area contributed by atoms with Crippen molar-refractivity contribution >= 4 is 15.9 Å². The molecule has 3 rings (SSSR count). The average Bonchev–Trinajstić information content (AvgIpc) is 3.23. The van der Waals surface area contributed by atoms with Crippen molar-refractivity contribution in [3.8, 4) is 5.75 Å². The van der Waals surface area contributed by atoms with Crippen LogP contribution >= 0.6 is 15.9 Å². The molecule has 1 aliphatic carbocycles. The Kier molecular flexibility index (Phi) is 4.08. The van der Waals surface area contributed by atoms with Gasteiger partial charge in [0.1, 0.15) is 5.75 Å². The van der Waals surface area contributed by atoms with Gasteiger partial charge in [0.2, 0.25) is 0 Å². The highest BCUT2D eigenvalue weighted by molar-refractivity contribution is 9.10. The van der Waals surface area contributed by atoms with Crippen LogP contribution in [0.5, 0.6) is 5.75 Å². The van der Waals surface area contributed by atoms with Crippen LogP contribution in [0.2, 0.25) is 0 Å². The Bertz CT molecular complexity index is 593. The zero-order chi connectivity index (χ0) is 13.9. The van der Waals surface area contributed by atoms with Crippen LogP contribution in [0.1, 0.15) is 30.1 Å². The van der Waals surface area contributed by atoms with E-state index in [0.717, 1.165) is 34.2 Å². The molecule has 0 aliphatic heterocycles. The molecule has 1 atom stereocenters. The molecular formula is C17H17BrO2. The molecule has 0 heterocycles. The maximum absolute atomic E-state index is 10.4. The number of aliphatic hydroxyl groups is 1. The number of hydrogen-bond acceptors (Lipinski definition) is 2. The zero-order valence-electron chi connectivity index (χ0n) is 11.1. The van der Waals surface area contributed by atoms with Crippen LogP contribution in [0.25, 0.3) is 0 Å². The Labute approximate surface area is 127 Å². The van der Waals surface area contributed by atoms with Gasteiger partial charge in [-0.3, -0.25) is 0 Å². The van der Waals surface area contributed by atoms with Gasteiger partial charge < -0.3 is 9.84 Å². The van der Waals surface area contributed by atoms with Crippen molar-refractivity contribution in [1.82, 2.24) is 0 Å². The van der Waals surface area contributed by atoms with E-state index >= 15 is 0 Å². The van der Waals surface area contributed by atoms with Crippen molar-refractivity contribution in [2.24, 2.45) is 0 Å². The summed E-state index contributed by atoms with van der Waals surface area (Å²) in [5, 5.41) is 10.4. The van der Waals surface area contributed by atoms with Gasteiger partial charge in [0.25, 0.3) is 0 Å². The van der Waals surface area contributed by atoms with Gasteiger partial charge in [-0.1, -0.05) is 40.2 Å². The lowest BCUT2D eigenvalue weighted by Gasteiger charge is -2.13. The summed E-state index contributed by atoms with van der Waals surface area (Å²) in [5.41, 5.74) is 2.02. The molecule has 0 spiro atoms. The Morgan fingerprint density at radius 3 is 2.70 bits per heavy atom. The minimum atomic E-state index is -0.507. The molecule has 1 unspecified atom stereocenters. The Morgan fingerprint density at radius 1 is 1.15 bits per heavy atom. The molecule has 20 heavy (non-hydrogen) atoms. The second kappa shape index (κ2) is 5.98. The molecule has 1 saturated carbocycles. The molecule has 0 bridgehead atoms. The van der Waals surface area contributed by atoms with Crippen molar-refractivity contribution < 1.29 is 9.84 Å². The molecule has 1 fully saturated rings. The van der Waals surface area contributed by atoms with Crippen molar-refractivity contribution in [3.63, 3.8) is 0 Å². The van der Waals surface area contributed by atoms with Crippen LogP contribution in [-0.2, 0) is 6.42 Å². The Hall–Kier alpha value is -1.32. The number of aliphatic hydroxyl groups excluding tert-OH is 1. The van der Waals surface area contributed by atoms with E-state index in [-0.39, 0.29) is 0 Å². The van der Waals surface area contributed by atoms with Crippen molar-refractivity contribution in [1.29, 1.82) is 0 Å². The highest BCUT2D eigenvalue weighted by Gasteiger charge is 2.23. The molecule has 1 N–H and O–H groups in total. The quantitative estimate of drug-likeness (QED) is 0.886. The molecule has 0 radical (unpaired) electrons. The third kappa shape index (κ3) is 3.62. The van der Waals surface area contributed by atoms with Crippen molar-refractivity contribution in [2.45, 2.75) is 31.5 Å². The van der Waals surface area contributed by atoms with Gasteiger partial charge in [-0.2, -0.15) is 0 Å². The number of hydrogen-bond donors (Lipinski definition) is 1. The molecule has 1 aliphatic rings. The normalized spacial score (nSPS) is 15.9. The fourth-order valence-corrected chi connectivity index (χ4v) is 2.63. The smallest absolute Gasteiger partial charge is 0.120 e. The van der Waals surface area contributed by atoms with Crippen LogP contribution in [0.3, 0.4) is 0 Å². The molecule has 2 aromatic rings. The van der Waals surface area contributed by atoms with E-state index in [4.69, 9.17) is 4.74 Å². The van der Waals surface area contributed by atoms with E-state index in [1.807, 2.05) is 48.5 Å². The third-order valence-corrected chi connectivity index (χ3v) is 3.88. The molecule has 2 nitrogen and oxygen atoms in total. The van der Waals surface area contributed by atoms with E-state index in [1.165, 1.54) is 0 Å². The van der Waals surface area contributed by atoms with Crippen LogP contribution < -0.4 is 4.74 Å². The third-order valence-electron chi connectivity index (χ3n) is 3.39. The van der Waals surface area contributed by atoms with Gasteiger partial charge in [0.05, 0.1) is 12.2 Å². The van der Waals surface area contributed by atoms with Gasteiger partial charge in [-0.15, -0.1) is 0 Å². The van der Waals surface area contributed by atoms with Crippen LogP contribution in [-0.4, -0.2) is 11.2 Å². The highest BCUT2D eigenvalue weighted by Crippen LogP contribution is 2.29. The summed E-state index contributed by atoms with van der Waals surface area (Å²) in [7, 11) is 0. The standard InChI is InChI=1S/C17H17BrO2/c18-14-5-1-3-12(9-14)10-17(19)13-4-2-6-16(11-13)20-15-7-8-15/h1-6,9,11,15,17,19H,7-8,10H2. The van der Waals surface area contributed by atoms with E-state index < -0.39 is 6.10 Å². The van der Waals surface area contributed by atoms with E-state index in [0.29, 0.717) is 12.5 Å². The Morgan fingerprint density at radius 2 is 1.95 bits per heavy atom. The Balaban J connectivity index is 1.71. The topological polar surface area (TPSA) is 29.5 Å². The summed E-state index contributed by atoms with van der Waals surface area (Å²) in [6.07, 6.45) is 2.77. The summed E-state index contributed by atoms with van der Waals surface area (Å²) < 4.78 is 6.80. The maximum Gasteiger partial charge on any atom is 0.120 e. The minimum absolute atomic E-state index is 0.382. The van der Waals surface area contributed by atoms with Crippen LogP contribution in [0, 0.1) is 0 Å². The predicted molar refractivity (Wildman–Crippen MR) is 82.9 cm³/mol. The highest BCUT2D eigenvalue weighted by atomic mass is 79.9.